The minimum atomic E-state index is 0.00458. The second kappa shape index (κ2) is 3.54. The molecular formula is C9H17NO2. The van der Waals surface area contributed by atoms with Crippen molar-refractivity contribution in [1.82, 2.24) is 5.06 Å². The number of hydrogen-bond donors (Lipinski definition) is 0. The molecule has 0 radical (unpaired) electrons. The summed E-state index contributed by atoms with van der Waals surface area (Å²) in [6.45, 7) is 7.36. The number of carbonyl (C=O) groups is 1. The minimum Gasteiger partial charge on any atom is -0.297 e. The number of Topliss-reactive ketones (excluding diaryl/α,β-unsaturated/α-hetero) is 1. The van der Waals surface area contributed by atoms with Gasteiger partial charge in [-0.05, 0) is 27.2 Å². The van der Waals surface area contributed by atoms with Crippen molar-refractivity contribution in [2.45, 2.75) is 39.2 Å². The van der Waals surface area contributed by atoms with Gasteiger partial charge in [0.1, 0.15) is 6.61 Å². The number of ketones is 1. The molecule has 0 saturated carbocycles. The highest BCUT2D eigenvalue weighted by Gasteiger charge is 2.24. The van der Waals surface area contributed by atoms with Crippen LogP contribution in [0.2, 0.25) is 0 Å². The second-order valence-corrected chi connectivity index (χ2v) is 4.19. The molecule has 1 fully saturated rings. The van der Waals surface area contributed by atoms with Gasteiger partial charge in [-0.1, -0.05) is 0 Å². The van der Waals surface area contributed by atoms with E-state index >= 15 is 0 Å². The molecular weight excluding hydrogens is 154 g/mol. The monoisotopic (exact) mass is 171 g/mol. The van der Waals surface area contributed by atoms with Gasteiger partial charge in [-0.3, -0.25) is 9.63 Å². The number of nitrogens with zero attached hydrogens (tertiary/aromatic N) is 1. The Morgan fingerprint density at radius 2 is 2.08 bits per heavy atom. The van der Waals surface area contributed by atoms with E-state index in [1.165, 1.54) is 0 Å². The van der Waals surface area contributed by atoms with Gasteiger partial charge in [0.25, 0.3) is 0 Å². The highest BCUT2D eigenvalue weighted by molar-refractivity contribution is 5.79. The molecule has 0 amide bonds. The molecule has 0 bridgehead atoms. The van der Waals surface area contributed by atoms with E-state index in [4.69, 9.17) is 4.84 Å². The van der Waals surface area contributed by atoms with Crippen LogP contribution in [-0.2, 0) is 9.63 Å². The van der Waals surface area contributed by atoms with Crippen LogP contribution in [0.1, 0.15) is 33.6 Å². The Morgan fingerprint density at radius 1 is 1.42 bits per heavy atom. The van der Waals surface area contributed by atoms with E-state index in [0.717, 1.165) is 13.0 Å². The maximum Gasteiger partial charge on any atom is 0.160 e. The first-order valence-corrected chi connectivity index (χ1v) is 4.42. The smallest absolute Gasteiger partial charge is 0.160 e. The second-order valence-electron chi connectivity index (χ2n) is 4.19. The van der Waals surface area contributed by atoms with Gasteiger partial charge in [0, 0.05) is 18.5 Å². The summed E-state index contributed by atoms with van der Waals surface area (Å²) in [5.41, 5.74) is 0.00458. The lowest BCUT2D eigenvalue weighted by atomic mass is 10.1. The largest absolute Gasteiger partial charge is 0.297 e. The van der Waals surface area contributed by atoms with Crippen LogP contribution >= 0.6 is 0 Å². The van der Waals surface area contributed by atoms with Crippen molar-refractivity contribution in [2.24, 2.45) is 0 Å². The summed E-state index contributed by atoms with van der Waals surface area (Å²) < 4.78 is 0. The van der Waals surface area contributed by atoms with E-state index in [0.29, 0.717) is 6.42 Å². The summed E-state index contributed by atoms with van der Waals surface area (Å²) in [6, 6.07) is 0. The molecule has 1 heterocycles. The lowest BCUT2D eigenvalue weighted by Crippen LogP contribution is -2.41. The Hall–Kier alpha value is -0.410. The molecule has 0 atom stereocenters. The van der Waals surface area contributed by atoms with Crippen LogP contribution in [0.4, 0.5) is 0 Å². The van der Waals surface area contributed by atoms with E-state index in [2.05, 4.69) is 20.8 Å². The molecule has 0 aromatic heterocycles. The van der Waals surface area contributed by atoms with Crippen LogP contribution in [0.5, 0.6) is 0 Å². The number of rotatable bonds is 0. The van der Waals surface area contributed by atoms with Crippen molar-refractivity contribution < 1.29 is 9.63 Å². The first-order valence-electron chi connectivity index (χ1n) is 4.42. The van der Waals surface area contributed by atoms with E-state index in [-0.39, 0.29) is 17.9 Å². The topological polar surface area (TPSA) is 29.5 Å². The molecule has 1 rings (SSSR count). The molecule has 1 aliphatic rings. The molecule has 0 unspecified atom stereocenters. The fraction of sp³-hybridized carbons (Fsp3) is 0.889. The first kappa shape index (κ1) is 9.68. The van der Waals surface area contributed by atoms with Crippen LogP contribution < -0.4 is 0 Å². The van der Waals surface area contributed by atoms with Crippen molar-refractivity contribution >= 4 is 5.78 Å². The van der Waals surface area contributed by atoms with E-state index in [9.17, 15) is 4.79 Å². The molecule has 0 spiro atoms. The Morgan fingerprint density at radius 3 is 2.67 bits per heavy atom. The molecule has 0 aromatic rings. The standard InChI is InChI=1S/C9H17NO2/c1-9(2,3)10-6-4-5-8(11)7-12-10/h4-7H2,1-3H3. The third-order valence-electron chi connectivity index (χ3n) is 1.95. The van der Waals surface area contributed by atoms with Crippen LogP contribution in [0.15, 0.2) is 0 Å². The fourth-order valence-corrected chi connectivity index (χ4v) is 1.24. The maximum absolute atomic E-state index is 11.0. The average molecular weight is 171 g/mol. The molecule has 1 saturated heterocycles. The van der Waals surface area contributed by atoms with Crippen molar-refractivity contribution in [3.8, 4) is 0 Å². The zero-order chi connectivity index (χ0) is 9.19. The van der Waals surface area contributed by atoms with E-state index in [1.807, 2.05) is 5.06 Å². The molecule has 70 valence electrons. The average Bonchev–Trinajstić information content (AvgIpc) is 2.11. The van der Waals surface area contributed by atoms with Crippen LogP contribution in [0.25, 0.3) is 0 Å². The van der Waals surface area contributed by atoms with Gasteiger partial charge >= 0.3 is 0 Å². The van der Waals surface area contributed by atoms with E-state index < -0.39 is 0 Å². The number of hydroxylamine groups is 2. The Labute approximate surface area is 73.6 Å². The van der Waals surface area contributed by atoms with Gasteiger partial charge in [0.15, 0.2) is 5.78 Å². The predicted molar refractivity (Wildman–Crippen MR) is 46.7 cm³/mol. The van der Waals surface area contributed by atoms with Crippen molar-refractivity contribution in [3.63, 3.8) is 0 Å². The normalized spacial score (nSPS) is 22.4. The summed E-state index contributed by atoms with van der Waals surface area (Å²) in [7, 11) is 0. The van der Waals surface area contributed by atoms with Crippen LogP contribution in [0, 0.1) is 0 Å². The zero-order valence-electron chi connectivity index (χ0n) is 8.09. The maximum atomic E-state index is 11.0. The highest BCUT2D eigenvalue weighted by atomic mass is 16.7. The summed E-state index contributed by atoms with van der Waals surface area (Å²) in [5.74, 6) is 0.210. The van der Waals surface area contributed by atoms with Gasteiger partial charge in [-0.15, -0.1) is 0 Å². The minimum absolute atomic E-state index is 0.00458. The summed E-state index contributed by atoms with van der Waals surface area (Å²) in [4.78, 5) is 16.4. The summed E-state index contributed by atoms with van der Waals surface area (Å²) >= 11 is 0. The van der Waals surface area contributed by atoms with Gasteiger partial charge in [0.05, 0.1) is 0 Å². The van der Waals surface area contributed by atoms with Crippen LogP contribution in [0.3, 0.4) is 0 Å². The predicted octanol–water partition coefficient (Wildman–Crippen LogP) is 1.38. The Balaban J connectivity index is 2.52. The zero-order valence-corrected chi connectivity index (χ0v) is 8.09. The van der Waals surface area contributed by atoms with Gasteiger partial charge < -0.3 is 0 Å². The highest BCUT2D eigenvalue weighted by Crippen LogP contribution is 2.16. The SMILES string of the molecule is CC(C)(C)N1CCCC(=O)CO1. The van der Waals surface area contributed by atoms with Gasteiger partial charge in [0.2, 0.25) is 0 Å². The molecule has 0 aliphatic carbocycles. The van der Waals surface area contributed by atoms with Crippen molar-refractivity contribution in [1.29, 1.82) is 0 Å². The molecule has 3 heteroatoms. The molecule has 0 N–H and O–H groups in total. The summed E-state index contributed by atoms with van der Waals surface area (Å²) in [6.07, 6.45) is 1.57. The fourth-order valence-electron chi connectivity index (χ4n) is 1.24. The van der Waals surface area contributed by atoms with Crippen molar-refractivity contribution in [3.05, 3.63) is 0 Å². The van der Waals surface area contributed by atoms with Gasteiger partial charge in [-0.2, -0.15) is 5.06 Å². The lowest BCUT2D eigenvalue weighted by molar-refractivity contribution is -0.202. The lowest BCUT2D eigenvalue weighted by Gasteiger charge is -2.32. The summed E-state index contributed by atoms with van der Waals surface area (Å²) in [5, 5.41) is 1.90. The molecule has 1 aliphatic heterocycles. The number of hydrogen-bond acceptors (Lipinski definition) is 3. The Bertz CT molecular complexity index is 172. The molecule has 12 heavy (non-hydrogen) atoms. The third kappa shape index (κ3) is 2.57. The molecule has 3 nitrogen and oxygen atoms in total. The van der Waals surface area contributed by atoms with E-state index in [1.54, 1.807) is 0 Å². The quantitative estimate of drug-likeness (QED) is 0.551. The van der Waals surface area contributed by atoms with Gasteiger partial charge in [-0.25, -0.2) is 0 Å². The molecule has 0 aromatic carbocycles. The van der Waals surface area contributed by atoms with Crippen LogP contribution in [-0.4, -0.2) is 29.5 Å². The third-order valence-corrected chi connectivity index (χ3v) is 1.95. The first-order chi connectivity index (χ1) is 5.50. The Kier molecular flexibility index (Phi) is 2.85. The van der Waals surface area contributed by atoms with Crippen molar-refractivity contribution in [2.75, 3.05) is 13.2 Å². The number of carbonyl (C=O) groups excluding carboxylic acids is 1.